The highest BCUT2D eigenvalue weighted by Gasteiger charge is 2.13. The van der Waals surface area contributed by atoms with Gasteiger partial charge >= 0.3 is 0 Å². The molecule has 1 aromatic carbocycles. The van der Waals surface area contributed by atoms with E-state index in [4.69, 9.17) is 17.3 Å². The fourth-order valence-corrected chi connectivity index (χ4v) is 2.41. The maximum atomic E-state index is 5.98. The Morgan fingerprint density at radius 2 is 2.15 bits per heavy atom. The molecule has 0 spiro atoms. The first-order valence-electron chi connectivity index (χ1n) is 6.57. The number of rotatable bonds is 3. The first kappa shape index (κ1) is 12.9. The Balaban J connectivity index is 2.23. The number of aryl methyl sites for hydroxylation is 1. The molecule has 0 bridgehead atoms. The summed E-state index contributed by atoms with van der Waals surface area (Å²) in [5.74, 6) is 0.879. The molecule has 3 rings (SSSR count). The fraction of sp³-hybridized carbons (Fsp3) is 0.200. The molecule has 0 saturated carbocycles. The van der Waals surface area contributed by atoms with Crippen molar-refractivity contribution in [2.24, 2.45) is 0 Å². The summed E-state index contributed by atoms with van der Waals surface area (Å²) < 4.78 is 2.12. The van der Waals surface area contributed by atoms with E-state index in [1.54, 1.807) is 12.3 Å². The number of nitrogens with zero attached hydrogens (tertiary/aromatic N) is 3. The summed E-state index contributed by atoms with van der Waals surface area (Å²) >= 11 is 5.98. The van der Waals surface area contributed by atoms with Gasteiger partial charge in [-0.05, 0) is 36.8 Å². The van der Waals surface area contributed by atoms with Crippen LogP contribution in [0.1, 0.15) is 13.3 Å². The zero-order chi connectivity index (χ0) is 14.1. The molecule has 102 valence electrons. The quantitative estimate of drug-likeness (QED) is 0.746. The van der Waals surface area contributed by atoms with Gasteiger partial charge < -0.3 is 10.3 Å². The molecule has 0 amide bonds. The maximum Gasteiger partial charge on any atom is 0.160 e. The van der Waals surface area contributed by atoms with Crippen molar-refractivity contribution in [3.63, 3.8) is 0 Å². The molecule has 4 nitrogen and oxygen atoms in total. The summed E-state index contributed by atoms with van der Waals surface area (Å²) in [5, 5.41) is 0.560. The van der Waals surface area contributed by atoms with Crippen LogP contribution in [0.15, 0.2) is 36.5 Å². The first-order chi connectivity index (χ1) is 9.70. The largest absolute Gasteiger partial charge is 0.398 e. The normalized spacial score (nSPS) is 11.1. The number of aromatic nitrogens is 3. The molecule has 20 heavy (non-hydrogen) atoms. The lowest BCUT2D eigenvalue weighted by Gasteiger charge is -2.08. The van der Waals surface area contributed by atoms with Crippen LogP contribution >= 0.6 is 11.6 Å². The van der Waals surface area contributed by atoms with Crippen molar-refractivity contribution in [2.75, 3.05) is 5.73 Å². The van der Waals surface area contributed by atoms with Crippen LogP contribution in [-0.4, -0.2) is 14.5 Å². The van der Waals surface area contributed by atoms with Crippen LogP contribution < -0.4 is 5.73 Å². The van der Waals surface area contributed by atoms with E-state index < -0.39 is 0 Å². The molecule has 0 saturated heterocycles. The third-order valence-electron chi connectivity index (χ3n) is 3.21. The monoisotopic (exact) mass is 286 g/mol. The highest BCUT2D eigenvalue weighted by atomic mass is 35.5. The second kappa shape index (κ2) is 5.13. The summed E-state index contributed by atoms with van der Waals surface area (Å²) in [4.78, 5) is 9.10. The highest BCUT2D eigenvalue weighted by Crippen LogP contribution is 2.28. The Labute approximate surface area is 122 Å². The van der Waals surface area contributed by atoms with E-state index >= 15 is 0 Å². The van der Waals surface area contributed by atoms with Crippen LogP contribution in [-0.2, 0) is 6.54 Å². The number of hydrogen-bond donors (Lipinski definition) is 1. The number of benzene rings is 1. The summed E-state index contributed by atoms with van der Waals surface area (Å²) in [6, 6.07) is 9.46. The van der Waals surface area contributed by atoms with E-state index in [2.05, 4.69) is 21.5 Å². The standard InChI is InChI=1S/C15H15ClN4/c1-2-8-20-14(10-5-6-11(16)12(17)9-10)19-13-4-3-7-18-15(13)20/h3-7,9H,2,8,17H2,1H3. The average molecular weight is 287 g/mol. The van der Waals surface area contributed by atoms with Gasteiger partial charge in [-0.15, -0.1) is 0 Å². The third kappa shape index (κ3) is 2.12. The molecular weight excluding hydrogens is 272 g/mol. The lowest BCUT2D eigenvalue weighted by atomic mass is 10.2. The molecule has 0 aliphatic rings. The maximum absolute atomic E-state index is 5.98. The molecule has 3 aromatic rings. The predicted octanol–water partition coefficient (Wildman–Crippen LogP) is 3.74. The molecule has 2 heterocycles. The van der Waals surface area contributed by atoms with Gasteiger partial charge in [0, 0.05) is 18.3 Å². The number of hydrogen-bond acceptors (Lipinski definition) is 3. The Bertz CT molecular complexity index is 764. The Hall–Kier alpha value is -2.07. The van der Waals surface area contributed by atoms with Crippen molar-refractivity contribution in [1.82, 2.24) is 14.5 Å². The van der Waals surface area contributed by atoms with E-state index in [1.165, 1.54) is 0 Å². The van der Waals surface area contributed by atoms with Crippen molar-refractivity contribution in [2.45, 2.75) is 19.9 Å². The van der Waals surface area contributed by atoms with Crippen molar-refractivity contribution in [1.29, 1.82) is 0 Å². The van der Waals surface area contributed by atoms with Crippen LogP contribution in [0.4, 0.5) is 5.69 Å². The van der Waals surface area contributed by atoms with Crippen molar-refractivity contribution in [3.05, 3.63) is 41.6 Å². The van der Waals surface area contributed by atoms with Crippen molar-refractivity contribution < 1.29 is 0 Å². The van der Waals surface area contributed by atoms with Gasteiger partial charge in [0.05, 0.1) is 10.7 Å². The Morgan fingerprint density at radius 3 is 2.90 bits per heavy atom. The van der Waals surface area contributed by atoms with E-state index in [0.717, 1.165) is 35.5 Å². The molecule has 2 N–H and O–H groups in total. The predicted molar refractivity (Wildman–Crippen MR) is 82.7 cm³/mol. The zero-order valence-electron chi connectivity index (χ0n) is 11.2. The van der Waals surface area contributed by atoms with Crippen LogP contribution in [0.25, 0.3) is 22.6 Å². The van der Waals surface area contributed by atoms with Gasteiger partial charge in [-0.25, -0.2) is 9.97 Å². The molecule has 2 aromatic heterocycles. The smallest absolute Gasteiger partial charge is 0.160 e. The van der Waals surface area contributed by atoms with Crippen LogP contribution in [0.2, 0.25) is 5.02 Å². The van der Waals surface area contributed by atoms with Crippen molar-refractivity contribution >= 4 is 28.5 Å². The van der Waals surface area contributed by atoms with Crippen molar-refractivity contribution in [3.8, 4) is 11.4 Å². The average Bonchev–Trinajstić information content (AvgIpc) is 2.82. The lowest BCUT2D eigenvalue weighted by molar-refractivity contribution is 0.698. The summed E-state index contributed by atoms with van der Waals surface area (Å²) in [6.45, 7) is 3.00. The third-order valence-corrected chi connectivity index (χ3v) is 3.55. The molecular formula is C15H15ClN4. The first-order valence-corrected chi connectivity index (χ1v) is 6.95. The number of fused-ring (bicyclic) bond motifs is 1. The molecule has 0 radical (unpaired) electrons. The number of pyridine rings is 1. The molecule has 5 heteroatoms. The minimum atomic E-state index is 0.560. The second-order valence-electron chi connectivity index (χ2n) is 4.67. The Morgan fingerprint density at radius 1 is 1.30 bits per heavy atom. The number of nitrogens with two attached hydrogens (primary N) is 1. The fourth-order valence-electron chi connectivity index (χ4n) is 2.30. The molecule has 0 fully saturated rings. The minimum absolute atomic E-state index is 0.560. The lowest BCUT2D eigenvalue weighted by Crippen LogP contribution is -2.01. The van der Waals surface area contributed by atoms with Gasteiger partial charge in [0.1, 0.15) is 11.3 Å². The Kier molecular flexibility index (Phi) is 3.32. The van der Waals surface area contributed by atoms with E-state index in [9.17, 15) is 0 Å². The SMILES string of the molecule is CCCn1c(-c2ccc(Cl)c(N)c2)nc2cccnc21. The minimum Gasteiger partial charge on any atom is -0.398 e. The number of halogens is 1. The number of nitrogen functional groups attached to an aromatic ring is 1. The van der Waals surface area contributed by atoms with Gasteiger partial charge in [-0.2, -0.15) is 0 Å². The van der Waals surface area contributed by atoms with E-state index in [0.29, 0.717) is 10.7 Å². The van der Waals surface area contributed by atoms with Crippen LogP contribution in [0.5, 0.6) is 0 Å². The van der Waals surface area contributed by atoms with Crippen LogP contribution in [0.3, 0.4) is 0 Å². The van der Waals surface area contributed by atoms with Gasteiger partial charge in [0.15, 0.2) is 5.65 Å². The summed E-state index contributed by atoms with van der Waals surface area (Å²) in [5.41, 5.74) is 9.20. The van der Waals surface area contributed by atoms with Gasteiger partial charge in [0.2, 0.25) is 0 Å². The molecule has 0 unspecified atom stereocenters. The molecule has 0 atom stereocenters. The number of imidazole rings is 1. The zero-order valence-corrected chi connectivity index (χ0v) is 11.9. The van der Waals surface area contributed by atoms with Gasteiger partial charge in [-0.1, -0.05) is 18.5 Å². The highest BCUT2D eigenvalue weighted by molar-refractivity contribution is 6.33. The summed E-state index contributed by atoms with van der Waals surface area (Å²) in [7, 11) is 0. The van der Waals surface area contributed by atoms with E-state index in [1.807, 2.05) is 24.3 Å². The molecule has 0 aliphatic heterocycles. The number of anilines is 1. The van der Waals surface area contributed by atoms with Gasteiger partial charge in [0.25, 0.3) is 0 Å². The topological polar surface area (TPSA) is 56.7 Å². The summed E-state index contributed by atoms with van der Waals surface area (Å²) in [6.07, 6.45) is 2.80. The van der Waals surface area contributed by atoms with Crippen LogP contribution in [0, 0.1) is 0 Å². The van der Waals surface area contributed by atoms with E-state index in [-0.39, 0.29) is 0 Å². The second-order valence-corrected chi connectivity index (χ2v) is 5.08. The van der Waals surface area contributed by atoms with Gasteiger partial charge in [-0.3, -0.25) is 0 Å². The molecule has 0 aliphatic carbocycles.